The maximum atomic E-state index is 10.8. The summed E-state index contributed by atoms with van der Waals surface area (Å²) in [7, 11) is 1.63. The van der Waals surface area contributed by atoms with Gasteiger partial charge in [-0.25, -0.2) is 0 Å². The molecule has 1 N–H and O–H groups in total. The quantitative estimate of drug-likeness (QED) is 0.922. The summed E-state index contributed by atoms with van der Waals surface area (Å²) in [5, 5.41) is 15.4. The summed E-state index contributed by atoms with van der Waals surface area (Å²) in [5.41, 5.74) is 0.589. The van der Waals surface area contributed by atoms with Crippen molar-refractivity contribution in [3.8, 4) is 5.75 Å². The summed E-state index contributed by atoms with van der Waals surface area (Å²) < 4.78 is 6.86. The molecule has 0 radical (unpaired) electrons. The van der Waals surface area contributed by atoms with Crippen LogP contribution in [-0.2, 0) is 18.6 Å². The second-order valence-electron chi connectivity index (χ2n) is 4.96. The molecule has 1 unspecified atom stereocenters. The van der Waals surface area contributed by atoms with Crippen LogP contribution in [0.3, 0.4) is 0 Å². The molecule has 0 fully saturated rings. The highest BCUT2D eigenvalue weighted by Crippen LogP contribution is 2.31. The van der Waals surface area contributed by atoms with Crippen molar-refractivity contribution >= 4 is 11.6 Å². The van der Waals surface area contributed by atoms with E-state index in [1.807, 2.05) is 31.2 Å². The molecule has 0 aliphatic heterocycles. The number of methoxy groups -OCH3 is 1. The lowest BCUT2D eigenvalue weighted by atomic mass is 9.93. The van der Waals surface area contributed by atoms with Crippen LogP contribution < -0.4 is 4.74 Å². The van der Waals surface area contributed by atoms with E-state index >= 15 is 0 Å². The molecule has 0 saturated carbocycles. The van der Waals surface area contributed by atoms with E-state index in [1.165, 1.54) is 0 Å². The summed E-state index contributed by atoms with van der Waals surface area (Å²) in [6, 6.07) is 7.63. The normalized spacial score (nSPS) is 14.1. The van der Waals surface area contributed by atoms with Crippen LogP contribution in [0.15, 0.2) is 30.5 Å². The molecule has 0 aliphatic carbocycles. The lowest BCUT2D eigenvalue weighted by molar-refractivity contribution is 0.0481. The monoisotopic (exact) mass is 294 g/mol. The maximum Gasteiger partial charge on any atom is 0.118 e. The summed E-state index contributed by atoms with van der Waals surface area (Å²) in [5.74, 6) is 0.796. The first-order chi connectivity index (χ1) is 9.47. The van der Waals surface area contributed by atoms with Gasteiger partial charge in [-0.05, 0) is 31.5 Å². The lowest BCUT2D eigenvalue weighted by Crippen LogP contribution is -2.28. The van der Waals surface area contributed by atoms with Gasteiger partial charge in [-0.2, -0.15) is 5.10 Å². The summed E-state index contributed by atoms with van der Waals surface area (Å²) in [4.78, 5) is 0. The van der Waals surface area contributed by atoms with Gasteiger partial charge in [0.25, 0.3) is 0 Å². The van der Waals surface area contributed by atoms with Gasteiger partial charge in [0, 0.05) is 13.0 Å². The van der Waals surface area contributed by atoms with E-state index in [0.717, 1.165) is 11.3 Å². The van der Waals surface area contributed by atoms with E-state index in [0.29, 0.717) is 23.7 Å². The minimum atomic E-state index is -1.07. The van der Waals surface area contributed by atoms with E-state index in [1.54, 1.807) is 24.9 Å². The lowest BCUT2D eigenvalue weighted by Gasteiger charge is -2.25. The van der Waals surface area contributed by atoms with Crippen LogP contribution in [0.4, 0.5) is 0 Å². The minimum absolute atomic E-state index is 0.461. The summed E-state index contributed by atoms with van der Waals surface area (Å²) >= 11 is 6.16. The van der Waals surface area contributed by atoms with Crippen molar-refractivity contribution in [2.75, 3.05) is 7.11 Å². The first-order valence-electron chi connectivity index (χ1n) is 6.55. The topological polar surface area (TPSA) is 47.3 Å². The van der Waals surface area contributed by atoms with E-state index < -0.39 is 5.60 Å². The number of rotatable bonds is 5. The van der Waals surface area contributed by atoms with Crippen molar-refractivity contribution in [3.05, 3.63) is 46.7 Å². The third-order valence-corrected chi connectivity index (χ3v) is 3.59. The van der Waals surface area contributed by atoms with Crippen LogP contribution in [0.5, 0.6) is 5.75 Å². The number of nitrogens with zero attached hydrogens (tertiary/aromatic N) is 2. The first kappa shape index (κ1) is 14.9. The third-order valence-electron chi connectivity index (χ3n) is 3.31. The highest BCUT2D eigenvalue weighted by molar-refractivity contribution is 6.31. The van der Waals surface area contributed by atoms with E-state index in [4.69, 9.17) is 16.3 Å². The molecule has 0 spiro atoms. The van der Waals surface area contributed by atoms with E-state index in [9.17, 15) is 5.11 Å². The summed E-state index contributed by atoms with van der Waals surface area (Å²) in [6.07, 6.45) is 2.03. The van der Waals surface area contributed by atoms with Gasteiger partial charge in [0.15, 0.2) is 0 Å². The number of aliphatic hydroxyl groups is 1. The fourth-order valence-corrected chi connectivity index (χ4v) is 2.71. The number of ether oxygens (including phenoxy) is 1. The molecule has 2 rings (SSSR count). The average molecular weight is 295 g/mol. The fraction of sp³-hybridized carbons (Fsp3) is 0.400. The molecular weight excluding hydrogens is 276 g/mol. The van der Waals surface area contributed by atoms with Gasteiger partial charge >= 0.3 is 0 Å². The molecule has 1 atom stereocenters. The predicted molar refractivity (Wildman–Crippen MR) is 79.2 cm³/mol. The molecule has 0 aliphatic rings. The van der Waals surface area contributed by atoms with Crippen LogP contribution in [0.2, 0.25) is 5.02 Å². The van der Waals surface area contributed by atoms with Crippen LogP contribution in [-0.4, -0.2) is 22.0 Å². The van der Waals surface area contributed by atoms with Gasteiger partial charge < -0.3 is 9.84 Å². The number of benzene rings is 1. The van der Waals surface area contributed by atoms with E-state index in [-0.39, 0.29) is 0 Å². The Bertz CT molecular complexity index is 576. The molecule has 0 bridgehead atoms. The molecule has 0 saturated heterocycles. The highest BCUT2D eigenvalue weighted by Gasteiger charge is 2.30. The van der Waals surface area contributed by atoms with Crippen molar-refractivity contribution in [2.45, 2.75) is 32.4 Å². The zero-order valence-electron chi connectivity index (χ0n) is 11.9. The molecule has 1 aromatic carbocycles. The van der Waals surface area contributed by atoms with Crippen molar-refractivity contribution in [1.82, 2.24) is 9.78 Å². The van der Waals surface area contributed by atoms with Crippen LogP contribution in [0, 0.1) is 0 Å². The van der Waals surface area contributed by atoms with Gasteiger partial charge in [0.05, 0.1) is 24.0 Å². The maximum absolute atomic E-state index is 10.8. The number of aromatic nitrogens is 2. The third kappa shape index (κ3) is 2.97. The van der Waals surface area contributed by atoms with Crippen molar-refractivity contribution in [1.29, 1.82) is 0 Å². The number of halogens is 1. The smallest absolute Gasteiger partial charge is 0.118 e. The van der Waals surface area contributed by atoms with Gasteiger partial charge in [-0.3, -0.25) is 4.68 Å². The fourth-order valence-electron chi connectivity index (χ4n) is 2.36. The Kier molecular flexibility index (Phi) is 4.35. The molecule has 1 aromatic heterocycles. The Morgan fingerprint density at radius 1 is 1.35 bits per heavy atom. The molecule has 4 nitrogen and oxygen atoms in total. The van der Waals surface area contributed by atoms with Gasteiger partial charge in [0.1, 0.15) is 11.4 Å². The Hall–Kier alpha value is -1.52. The van der Waals surface area contributed by atoms with Crippen molar-refractivity contribution in [3.63, 3.8) is 0 Å². The van der Waals surface area contributed by atoms with Crippen LogP contribution in [0.25, 0.3) is 0 Å². The van der Waals surface area contributed by atoms with Crippen LogP contribution in [0.1, 0.15) is 25.1 Å². The summed E-state index contributed by atoms with van der Waals surface area (Å²) in [6.45, 7) is 4.39. The Labute approximate surface area is 123 Å². The molecular formula is C15H19ClN2O2. The largest absolute Gasteiger partial charge is 0.497 e. The molecule has 2 aromatic rings. The van der Waals surface area contributed by atoms with Gasteiger partial charge in [-0.15, -0.1) is 0 Å². The Balaban J connectivity index is 2.27. The number of hydrogen-bond donors (Lipinski definition) is 1. The van der Waals surface area contributed by atoms with E-state index in [2.05, 4.69) is 5.10 Å². The highest BCUT2D eigenvalue weighted by atomic mass is 35.5. The molecule has 5 heteroatoms. The average Bonchev–Trinajstić information content (AvgIpc) is 2.81. The molecule has 0 amide bonds. The molecule has 108 valence electrons. The van der Waals surface area contributed by atoms with Crippen LogP contribution >= 0.6 is 11.6 Å². The molecule has 1 heterocycles. The number of hydrogen-bond acceptors (Lipinski definition) is 3. The minimum Gasteiger partial charge on any atom is -0.497 e. The van der Waals surface area contributed by atoms with Crippen molar-refractivity contribution < 1.29 is 9.84 Å². The van der Waals surface area contributed by atoms with Gasteiger partial charge in [0.2, 0.25) is 0 Å². The zero-order chi connectivity index (χ0) is 14.8. The second kappa shape index (κ2) is 5.85. The SMILES string of the molecule is CCn1ncc(Cl)c1C(C)(O)Cc1ccc(OC)cc1. The number of aryl methyl sites for hydroxylation is 1. The molecule has 20 heavy (non-hydrogen) atoms. The predicted octanol–water partition coefficient (Wildman–Crippen LogP) is 3.02. The van der Waals surface area contributed by atoms with Crippen molar-refractivity contribution in [2.24, 2.45) is 0 Å². The second-order valence-corrected chi connectivity index (χ2v) is 5.36. The Morgan fingerprint density at radius 2 is 2.00 bits per heavy atom. The Morgan fingerprint density at radius 3 is 2.55 bits per heavy atom. The zero-order valence-corrected chi connectivity index (χ0v) is 12.7. The standard InChI is InChI=1S/C15H19ClN2O2/c1-4-18-14(13(16)10-17-18)15(2,19)9-11-5-7-12(20-3)8-6-11/h5-8,10,19H,4,9H2,1-3H3. The first-order valence-corrected chi connectivity index (χ1v) is 6.93. The van der Waals surface area contributed by atoms with Gasteiger partial charge in [-0.1, -0.05) is 23.7 Å².